The Morgan fingerprint density at radius 2 is 1.86 bits per heavy atom. The molecule has 2 aromatic carbocycles. The van der Waals surface area contributed by atoms with Crippen molar-refractivity contribution in [3.63, 3.8) is 0 Å². The van der Waals surface area contributed by atoms with E-state index in [9.17, 15) is 24.5 Å². The number of imide groups is 1. The number of nitro groups is 1. The van der Waals surface area contributed by atoms with Crippen molar-refractivity contribution >= 4 is 46.3 Å². The van der Waals surface area contributed by atoms with Crippen LogP contribution >= 0.6 is 11.8 Å². The zero-order valence-electron chi connectivity index (χ0n) is 19.0. The number of furan rings is 1. The van der Waals surface area contributed by atoms with E-state index in [1.807, 2.05) is 0 Å². The van der Waals surface area contributed by atoms with Crippen molar-refractivity contribution in [2.45, 2.75) is 0 Å². The van der Waals surface area contributed by atoms with Gasteiger partial charge in [0.15, 0.2) is 0 Å². The van der Waals surface area contributed by atoms with Crippen LogP contribution in [0.15, 0.2) is 63.9 Å². The molecule has 3 aromatic rings. The highest BCUT2D eigenvalue weighted by Crippen LogP contribution is 2.36. The summed E-state index contributed by atoms with van der Waals surface area (Å²) in [6.45, 7) is -0.447. The molecule has 1 N–H and O–H groups in total. The third-order valence-electron chi connectivity index (χ3n) is 5.11. The Balaban J connectivity index is 1.46. The van der Waals surface area contributed by atoms with Crippen LogP contribution in [-0.4, -0.2) is 47.6 Å². The molecule has 1 fully saturated rings. The van der Waals surface area contributed by atoms with Crippen LogP contribution in [-0.2, 0) is 9.59 Å². The maximum absolute atomic E-state index is 12.8. The van der Waals surface area contributed by atoms with Crippen LogP contribution in [0.4, 0.5) is 16.2 Å². The normalized spacial score (nSPS) is 14.3. The first kappa shape index (κ1) is 24.5. The summed E-state index contributed by atoms with van der Waals surface area (Å²) in [5, 5.41) is 13.0. The third kappa shape index (κ3) is 5.23. The Hall–Kier alpha value is -4.58. The molecule has 1 saturated heterocycles. The molecule has 36 heavy (non-hydrogen) atoms. The molecule has 1 aliphatic rings. The molecule has 0 unspecified atom stereocenters. The van der Waals surface area contributed by atoms with E-state index >= 15 is 0 Å². The average Bonchev–Trinajstić information content (AvgIpc) is 3.44. The summed E-state index contributed by atoms with van der Waals surface area (Å²) < 4.78 is 16.1. The van der Waals surface area contributed by atoms with Gasteiger partial charge in [0.1, 0.15) is 29.6 Å². The molecule has 0 spiro atoms. The van der Waals surface area contributed by atoms with Gasteiger partial charge in [0.2, 0.25) is 5.91 Å². The molecule has 12 heteroatoms. The lowest BCUT2D eigenvalue weighted by Crippen LogP contribution is -2.36. The second kappa shape index (κ2) is 10.4. The Labute approximate surface area is 208 Å². The quantitative estimate of drug-likeness (QED) is 0.263. The lowest BCUT2D eigenvalue weighted by molar-refractivity contribution is -0.384. The number of nitrogens with one attached hydrogen (secondary N) is 1. The molecule has 1 aliphatic heterocycles. The first-order chi connectivity index (χ1) is 17.3. The maximum Gasteiger partial charge on any atom is 0.294 e. The number of nitro benzene ring substituents is 1. The number of benzene rings is 2. The molecule has 4 rings (SSSR count). The zero-order chi connectivity index (χ0) is 25.8. The van der Waals surface area contributed by atoms with Gasteiger partial charge in [0, 0.05) is 17.8 Å². The number of non-ortho nitro benzene ring substituents is 1. The summed E-state index contributed by atoms with van der Waals surface area (Å²) in [5.41, 5.74) is 0.839. The van der Waals surface area contributed by atoms with Crippen LogP contribution in [0.1, 0.15) is 5.76 Å². The van der Waals surface area contributed by atoms with E-state index in [2.05, 4.69) is 5.32 Å². The van der Waals surface area contributed by atoms with Crippen molar-refractivity contribution in [2.75, 3.05) is 26.1 Å². The van der Waals surface area contributed by atoms with E-state index in [1.54, 1.807) is 36.4 Å². The van der Waals surface area contributed by atoms with Crippen LogP contribution < -0.4 is 14.8 Å². The van der Waals surface area contributed by atoms with Crippen molar-refractivity contribution in [3.05, 3.63) is 75.4 Å². The summed E-state index contributed by atoms with van der Waals surface area (Å²) in [5.74, 6) is 0.338. The second-order valence-electron chi connectivity index (χ2n) is 7.39. The van der Waals surface area contributed by atoms with E-state index in [4.69, 9.17) is 13.9 Å². The summed E-state index contributed by atoms with van der Waals surface area (Å²) in [4.78, 5) is 48.9. The Morgan fingerprint density at radius 3 is 2.53 bits per heavy atom. The highest BCUT2D eigenvalue weighted by molar-refractivity contribution is 8.18. The van der Waals surface area contributed by atoms with Crippen molar-refractivity contribution in [2.24, 2.45) is 0 Å². The SMILES string of the molecule is COc1ccc(NC(=O)CN2C(=O)S/C(=C/c3ccc(-c4ccc([N+](=O)[O-])cc4OC)o3)C2=O)cc1. The van der Waals surface area contributed by atoms with Gasteiger partial charge < -0.3 is 19.2 Å². The Kier molecular flexibility index (Phi) is 7.06. The minimum atomic E-state index is -0.624. The number of methoxy groups -OCH3 is 2. The lowest BCUT2D eigenvalue weighted by atomic mass is 10.1. The van der Waals surface area contributed by atoms with Crippen LogP contribution in [0.25, 0.3) is 17.4 Å². The molecule has 0 aliphatic carbocycles. The van der Waals surface area contributed by atoms with Gasteiger partial charge in [-0.3, -0.25) is 29.4 Å². The molecule has 3 amide bonds. The van der Waals surface area contributed by atoms with Crippen LogP contribution in [0.5, 0.6) is 11.5 Å². The molecule has 0 radical (unpaired) electrons. The van der Waals surface area contributed by atoms with Crippen molar-refractivity contribution in [1.29, 1.82) is 0 Å². The highest BCUT2D eigenvalue weighted by atomic mass is 32.2. The molecular formula is C24H19N3O8S. The number of nitrogens with zero attached hydrogens (tertiary/aromatic N) is 2. The average molecular weight is 509 g/mol. The Morgan fingerprint density at radius 1 is 1.11 bits per heavy atom. The summed E-state index contributed by atoms with van der Waals surface area (Å²) >= 11 is 0.690. The number of ether oxygens (including phenoxy) is 2. The smallest absolute Gasteiger partial charge is 0.294 e. The van der Waals surface area contributed by atoms with Gasteiger partial charge in [-0.05, 0) is 54.2 Å². The molecule has 184 valence electrons. The van der Waals surface area contributed by atoms with E-state index < -0.39 is 28.5 Å². The van der Waals surface area contributed by atoms with E-state index in [-0.39, 0.29) is 22.1 Å². The monoisotopic (exact) mass is 509 g/mol. The predicted octanol–water partition coefficient (Wildman–Crippen LogP) is 4.55. The second-order valence-corrected chi connectivity index (χ2v) is 8.38. The summed E-state index contributed by atoms with van der Waals surface area (Å²) in [6.07, 6.45) is 1.40. The standard InChI is InChI=1S/C24H19N3O8S/c1-33-16-6-3-14(4-7-16)25-22(28)13-26-23(29)21(36-24(26)30)12-17-8-10-19(35-17)18-9-5-15(27(31)32)11-20(18)34-2/h3-12H,13H2,1-2H3,(H,25,28)/b21-12+. The van der Waals surface area contributed by atoms with Crippen molar-refractivity contribution in [1.82, 2.24) is 4.90 Å². The number of hydrogen-bond donors (Lipinski definition) is 1. The zero-order valence-corrected chi connectivity index (χ0v) is 19.9. The third-order valence-corrected chi connectivity index (χ3v) is 6.02. The predicted molar refractivity (Wildman–Crippen MR) is 132 cm³/mol. The topological polar surface area (TPSA) is 141 Å². The van der Waals surface area contributed by atoms with Gasteiger partial charge in [0.05, 0.1) is 35.7 Å². The number of rotatable bonds is 8. The van der Waals surface area contributed by atoms with Gasteiger partial charge in [-0.15, -0.1) is 0 Å². The number of amides is 3. The lowest BCUT2D eigenvalue weighted by Gasteiger charge is -2.12. The van der Waals surface area contributed by atoms with Gasteiger partial charge in [-0.1, -0.05) is 0 Å². The van der Waals surface area contributed by atoms with Crippen LogP contribution in [0.3, 0.4) is 0 Å². The van der Waals surface area contributed by atoms with Gasteiger partial charge in [0.25, 0.3) is 16.8 Å². The van der Waals surface area contributed by atoms with Gasteiger partial charge in [-0.2, -0.15) is 0 Å². The van der Waals surface area contributed by atoms with E-state index in [1.165, 1.54) is 38.5 Å². The van der Waals surface area contributed by atoms with E-state index in [0.29, 0.717) is 34.5 Å². The highest BCUT2D eigenvalue weighted by Gasteiger charge is 2.36. The number of hydrogen-bond acceptors (Lipinski definition) is 9. The minimum Gasteiger partial charge on any atom is -0.497 e. The summed E-state index contributed by atoms with van der Waals surface area (Å²) in [7, 11) is 2.91. The molecule has 0 bridgehead atoms. The fourth-order valence-corrected chi connectivity index (χ4v) is 4.17. The fourth-order valence-electron chi connectivity index (χ4n) is 3.36. The molecule has 0 atom stereocenters. The van der Waals surface area contributed by atoms with Crippen LogP contribution in [0.2, 0.25) is 0 Å². The molecule has 0 saturated carbocycles. The first-order valence-corrected chi connectivity index (χ1v) is 11.2. The summed E-state index contributed by atoms with van der Waals surface area (Å²) in [6, 6.07) is 13.9. The molecule has 1 aromatic heterocycles. The number of anilines is 1. The minimum absolute atomic E-state index is 0.0915. The Bertz CT molecular complexity index is 1380. The molecule has 2 heterocycles. The molecular weight excluding hydrogens is 490 g/mol. The first-order valence-electron chi connectivity index (χ1n) is 10.4. The number of carbonyl (C=O) groups is 3. The molecule has 11 nitrogen and oxygen atoms in total. The maximum atomic E-state index is 12.8. The number of thioether (sulfide) groups is 1. The fraction of sp³-hybridized carbons (Fsp3) is 0.125. The van der Waals surface area contributed by atoms with Crippen LogP contribution in [0, 0.1) is 10.1 Å². The van der Waals surface area contributed by atoms with Gasteiger partial charge in [-0.25, -0.2) is 0 Å². The number of carbonyl (C=O) groups excluding carboxylic acids is 3. The van der Waals surface area contributed by atoms with Crippen molar-refractivity contribution < 1.29 is 33.2 Å². The van der Waals surface area contributed by atoms with E-state index in [0.717, 1.165) is 4.90 Å². The largest absolute Gasteiger partial charge is 0.497 e. The van der Waals surface area contributed by atoms with Crippen molar-refractivity contribution in [3.8, 4) is 22.8 Å². The van der Waals surface area contributed by atoms with Gasteiger partial charge >= 0.3 is 0 Å².